The van der Waals surface area contributed by atoms with E-state index < -0.39 is 0 Å². The van der Waals surface area contributed by atoms with Crippen LogP contribution in [0.4, 0.5) is 0 Å². The van der Waals surface area contributed by atoms with Crippen LogP contribution in [0.2, 0.25) is 0 Å². The second-order valence-electron chi connectivity index (χ2n) is 5.32. The zero-order chi connectivity index (χ0) is 15.6. The molecule has 0 atom stereocenters. The van der Waals surface area contributed by atoms with E-state index in [1.54, 1.807) is 4.90 Å². The number of unbranched alkanes of at least 4 members (excludes halogenated alkanes) is 1. The molecule has 6 heteroatoms. The fourth-order valence-electron chi connectivity index (χ4n) is 1.67. The third kappa shape index (κ3) is 8.48. The van der Waals surface area contributed by atoms with Crippen molar-refractivity contribution >= 4 is 11.9 Å². The summed E-state index contributed by atoms with van der Waals surface area (Å²) in [7, 11) is 2.63. The summed E-state index contributed by atoms with van der Waals surface area (Å²) in [6.07, 6.45) is 2.45. The number of nitriles is 1. The van der Waals surface area contributed by atoms with Crippen LogP contribution >= 0.6 is 0 Å². The van der Waals surface area contributed by atoms with Crippen LogP contribution in [-0.2, 0) is 19.1 Å². The molecular weight excluding hydrogens is 260 g/mol. The van der Waals surface area contributed by atoms with Crippen molar-refractivity contribution in [3.63, 3.8) is 0 Å². The minimum atomic E-state index is -0.383. The number of carbonyl (C=O) groups excluding carboxylic acids is 2. The minimum Gasteiger partial charge on any atom is -0.468 e. The first-order valence-corrected chi connectivity index (χ1v) is 6.62. The van der Waals surface area contributed by atoms with Gasteiger partial charge in [-0.15, -0.1) is 0 Å². The SMILES string of the molecule is COC(=O)CN(CCCCC(C)(C)C#N)CC(=O)OC. The lowest BCUT2D eigenvalue weighted by atomic mass is 9.89. The molecule has 0 aromatic heterocycles. The molecule has 0 fully saturated rings. The van der Waals surface area contributed by atoms with Crippen molar-refractivity contribution in [2.75, 3.05) is 33.9 Å². The molecule has 0 aromatic rings. The number of ether oxygens (including phenoxy) is 2. The van der Waals surface area contributed by atoms with Gasteiger partial charge in [-0.2, -0.15) is 5.26 Å². The van der Waals surface area contributed by atoms with Gasteiger partial charge >= 0.3 is 11.9 Å². The Morgan fingerprint density at radius 2 is 1.60 bits per heavy atom. The molecule has 0 aromatic carbocycles. The molecule has 0 aliphatic rings. The average Bonchev–Trinajstić information content (AvgIpc) is 2.42. The fraction of sp³-hybridized carbons (Fsp3) is 0.786. The van der Waals surface area contributed by atoms with Crippen LogP contribution in [0.5, 0.6) is 0 Å². The van der Waals surface area contributed by atoms with Gasteiger partial charge < -0.3 is 9.47 Å². The second-order valence-corrected chi connectivity index (χ2v) is 5.32. The lowest BCUT2D eigenvalue weighted by molar-refractivity contribution is -0.145. The smallest absolute Gasteiger partial charge is 0.319 e. The monoisotopic (exact) mass is 284 g/mol. The van der Waals surface area contributed by atoms with Crippen molar-refractivity contribution in [1.82, 2.24) is 4.90 Å². The van der Waals surface area contributed by atoms with Gasteiger partial charge in [0.2, 0.25) is 0 Å². The Morgan fingerprint density at radius 3 is 2.00 bits per heavy atom. The first kappa shape index (κ1) is 18.4. The molecule has 0 aliphatic carbocycles. The maximum Gasteiger partial charge on any atom is 0.319 e. The maximum atomic E-state index is 11.3. The van der Waals surface area contributed by atoms with Gasteiger partial charge in [0.05, 0.1) is 38.8 Å². The third-order valence-corrected chi connectivity index (χ3v) is 2.99. The number of hydrogen-bond donors (Lipinski definition) is 0. The van der Waals surface area contributed by atoms with Gasteiger partial charge in [-0.1, -0.05) is 6.42 Å². The van der Waals surface area contributed by atoms with E-state index in [9.17, 15) is 9.59 Å². The highest BCUT2D eigenvalue weighted by atomic mass is 16.5. The number of rotatable bonds is 9. The third-order valence-electron chi connectivity index (χ3n) is 2.99. The summed E-state index contributed by atoms with van der Waals surface area (Å²) in [5.74, 6) is -0.766. The summed E-state index contributed by atoms with van der Waals surface area (Å²) in [5.41, 5.74) is -0.338. The molecule has 0 aliphatic heterocycles. The summed E-state index contributed by atoms with van der Waals surface area (Å²) in [6.45, 7) is 4.51. The standard InChI is InChI=1S/C14H24N2O4/c1-14(2,11-15)7-5-6-8-16(9-12(17)19-3)10-13(18)20-4/h5-10H2,1-4H3. The molecule has 0 radical (unpaired) electrons. The lowest BCUT2D eigenvalue weighted by Gasteiger charge is -2.20. The Bertz CT molecular complexity index is 343. The van der Waals surface area contributed by atoms with E-state index in [4.69, 9.17) is 5.26 Å². The van der Waals surface area contributed by atoms with Gasteiger partial charge in [-0.25, -0.2) is 0 Å². The molecule has 0 bridgehead atoms. The molecule has 0 rings (SSSR count). The second kappa shape index (κ2) is 9.32. The normalized spacial score (nSPS) is 11.0. The summed E-state index contributed by atoms with van der Waals surface area (Å²) >= 11 is 0. The van der Waals surface area contributed by atoms with Crippen LogP contribution in [0.1, 0.15) is 33.1 Å². The van der Waals surface area contributed by atoms with Gasteiger partial charge in [0.15, 0.2) is 0 Å². The summed E-state index contributed by atoms with van der Waals surface area (Å²) < 4.78 is 9.20. The van der Waals surface area contributed by atoms with E-state index in [1.165, 1.54) is 14.2 Å². The molecule has 0 amide bonds. The van der Waals surface area contributed by atoms with Crippen molar-refractivity contribution < 1.29 is 19.1 Å². The highest BCUT2D eigenvalue weighted by Crippen LogP contribution is 2.21. The predicted octanol–water partition coefficient (Wildman–Crippen LogP) is 1.35. The quantitative estimate of drug-likeness (QED) is 0.470. The topological polar surface area (TPSA) is 79.6 Å². The molecule has 0 saturated heterocycles. The van der Waals surface area contributed by atoms with Crippen LogP contribution in [0, 0.1) is 16.7 Å². The zero-order valence-electron chi connectivity index (χ0n) is 12.8. The van der Waals surface area contributed by atoms with E-state index in [0.29, 0.717) is 6.54 Å². The van der Waals surface area contributed by atoms with E-state index in [-0.39, 0.29) is 30.4 Å². The summed E-state index contributed by atoms with van der Waals surface area (Å²) in [6, 6.07) is 2.25. The van der Waals surface area contributed by atoms with Crippen molar-refractivity contribution in [1.29, 1.82) is 5.26 Å². The van der Waals surface area contributed by atoms with Crippen molar-refractivity contribution in [3.05, 3.63) is 0 Å². The zero-order valence-corrected chi connectivity index (χ0v) is 12.8. The minimum absolute atomic E-state index is 0.0627. The first-order valence-electron chi connectivity index (χ1n) is 6.62. The van der Waals surface area contributed by atoms with E-state index >= 15 is 0 Å². The van der Waals surface area contributed by atoms with Crippen LogP contribution in [-0.4, -0.2) is 50.7 Å². The fourth-order valence-corrected chi connectivity index (χ4v) is 1.67. The molecule has 0 heterocycles. The number of hydrogen-bond acceptors (Lipinski definition) is 6. The maximum absolute atomic E-state index is 11.3. The van der Waals surface area contributed by atoms with Crippen molar-refractivity contribution in [2.24, 2.45) is 5.41 Å². The molecule has 0 N–H and O–H groups in total. The van der Waals surface area contributed by atoms with Crippen LogP contribution < -0.4 is 0 Å². The summed E-state index contributed by atoms with van der Waals surface area (Å²) in [4.78, 5) is 24.2. The number of esters is 2. The van der Waals surface area contributed by atoms with Gasteiger partial charge in [-0.05, 0) is 33.2 Å². The van der Waals surface area contributed by atoms with Crippen LogP contribution in [0.3, 0.4) is 0 Å². The Balaban J connectivity index is 4.19. The van der Waals surface area contributed by atoms with E-state index in [2.05, 4.69) is 15.5 Å². The predicted molar refractivity (Wildman–Crippen MR) is 73.7 cm³/mol. The molecule has 114 valence electrons. The Kier molecular flexibility index (Phi) is 8.57. The van der Waals surface area contributed by atoms with E-state index in [0.717, 1.165) is 19.3 Å². The average molecular weight is 284 g/mol. The van der Waals surface area contributed by atoms with Gasteiger partial charge in [0.1, 0.15) is 0 Å². The van der Waals surface area contributed by atoms with Gasteiger partial charge in [0, 0.05) is 0 Å². The largest absolute Gasteiger partial charge is 0.468 e. The molecule has 6 nitrogen and oxygen atoms in total. The highest BCUT2D eigenvalue weighted by Gasteiger charge is 2.18. The van der Waals surface area contributed by atoms with Crippen molar-refractivity contribution in [3.8, 4) is 6.07 Å². The molecule has 0 spiro atoms. The highest BCUT2D eigenvalue weighted by molar-refractivity contribution is 5.74. The molecule has 0 saturated carbocycles. The van der Waals surface area contributed by atoms with Gasteiger partial charge in [-0.3, -0.25) is 14.5 Å². The van der Waals surface area contributed by atoms with Crippen LogP contribution in [0.25, 0.3) is 0 Å². The molecule has 20 heavy (non-hydrogen) atoms. The van der Waals surface area contributed by atoms with E-state index in [1.807, 2.05) is 13.8 Å². The van der Waals surface area contributed by atoms with Crippen molar-refractivity contribution in [2.45, 2.75) is 33.1 Å². The molecular formula is C14H24N2O4. The van der Waals surface area contributed by atoms with Gasteiger partial charge in [0.25, 0.3) is 0 Å². The Morgan fingerprint density at radius 1 is 1.10 bits per heavy atom. The number of methoxy groups -OCH3 is 2. The Labute approximate surface area is 120 Å². The number of carbonyl (C=O) groups is 2. The van der Waals surface area contributed by atoms with Crippen LogP contribution in [0.15, 0.2) is 0 Å². The molecule has 0 unspecified atom stereocenters. The Hall–Kier alpha value is -1.61. The summed E-state index contributed by atoms with van der Waals surface area (Å²) in [5, 5.41) is 8.92. The number of nitrogens with zero attached hydrogens (tertiary/aromatic N) is 2. The first-order chi connectivity index (χ1) is 9.34. The lowest BCUT2D eigenvalue weighted by Crippen LogP contribution is -2.36.